The van der Waals surface area contributed by atoms with Crippen molar-refractivity contribution in [1.29, 1.82) is 0 Å². The first-order chi connectivity index (χ1) is 18.1. The van der Waals surface area contributed by atoms with Gasteiger partial charge in [-0.3, -0.25) is 9.59 Å². The minimum atomic E-state index is -0.891. The molecule has 2 aromatic heterocycles. The number of aromatic nitrogens is 2. The number of pyridine rings is 1. The number of ether oxygens (including phenoxy) is 1. The molecule has 186 valence electrons. The third kappa shape index (κ3) is 5.48. The third-order valence-electron chi connectivity index (χ3n) is 6.53. The Balaban J connectivity index is 1.31. The Kier molecular flexibility index (Phi) is 7.17. The summed E-state index contributed by atoms with van der Waals surface area (Å²) in [6.45, 7) is 0.340. The molecule has 0 radical (unpaired) electrons. The highest BCUT2D eigenvalue weighted by Gasteiger charge is 2.18. The molecule has 0 saturated carbocycles. The molecule has 0 unspecified atom stereocenters. The molecule has 5 aromatic rings. The monoisotopic (exact) mass is 492 g/mol. The van der Waals surface area contributed by atoms with Crippen LogP contribution in [-0.4, -0.2) is 27.2 Å². The van der Waals surface area contributed by atoms with Gasteiger partial charge in [-0.05, 0) is 53.8 Å². The first kappa shape index (κ1) is 24.1. The Hall–Kier alpha value is -4.58. The molecule has 2 heterocycles. The summed E-state index contributed by atoms with van der Waals surface area (Å²) in [6, 6.07) is 30.1. The first-order valence-corrected chi connectivity index (χ1v) is 12.3. The van der Waals surface area contributed by atoms with E-state index in [9.17, 15) is 9.59 Å². The number of carboxylic acid groups (broad SMARTS) is 1. The molecule has 0 atom stereocenters. The van der Waals surface area contributed by atoms with Gasteiger partial charge >= 0.3 is 5.97 Å². The van der Waals surface area contributed by atoms with Crippen molar-refractivity contribution in [2.45, 2.75) is 25.3 Å². The van der Waals surface area contributed by atoms with Crippen LogP contribution in [0.4, 0.5) is 0 Å². The van der Waals surface area contributed by atoms with Gasteiger partial charge in [0.25, 0.3) is 5.56 Å². The highest BCUT2D eigenvalue weighted by Crippen LogP contribution is 2.31. The number of fused-ring (bicyclic) bond motifs is 1. The molecule has 0 aliphatic rings. The zero-order valence-electron chi connectivity index (χ0n) is 20.3. The van der Waals surface area contributed by atoms with E-state index in [1.54, 1.807) is 10.8 Å². The van der Waals surface area contributed by atoms with Crippen LogP contribution in [0.15, 0.2) is 108 Å². The van der Waals surface area contributed by atoms with Crippen molar-refractivity contribution in [3.8, 4) is 5.75 Å². The highest BCUT2D eigenvalue weighted by atomic mass is 16.5. The Morgan fingerprint density at radius 3 is 2.27 bits per heavy atom. The average Bonchev–Trinajstić information content (AvgIpc) is 3.32. The number of rotatable bonds is 10. The number of nitrogens with zero attached hydrogens (tertiary/aromatic N) is 1. The number of aryl methyl sites for hydroxylation is 1. The van der Waals surface area contributed by atoms with Crippen LogP contribution in [0.1, 0.15) is 34.6 Å². The van der Waals surface area contributed by atoms with Gasteiger partial charge in [-0.15, -0.1) is 0 Å². The molecule has 37 heavy (non-hydrogen) atoms. The number of nitrogens with one attached hydrogen (secondary N) is 1. The summed E-state index contributed by atoms with van der Waals surface area (Å²) >= 11 is 0. The molecular weight excluding hydrogens is 464 g/mol. The fourth-order valence-corrected chi connectivity index (χ4v) is 4.82. The lowest BCUT2D eigenvalue weighted by atomic mass is 9.85. The number of aromatic amines is 1. The molecule has 3 aromatic carbocycles. The van der Waals surface area contributed by atoms with E-state index in [0.717, 1.165) is 33.2 Å². The molecule has 2 N–H and O–H groups in total. The predicted octanol–water partition coefficient (Wildman–Crippen LogP) is 5.61. The molecule has 0 fully saturated rings. The molecule has 6 heteroatoms. The highest BCUT2D eigenvalue weighted by molar-refractivity contribution is 5.87. The van der Waals surface area contributed by atoms with Gasteiger partial charge in [0, 0.05) is 29.3 Å². The van der Waals surface area contributed by atoms with Gasteiger partial charge < -0.3 is 19.4 Å². The SMILES string of the molecule is O=C(O)Cn1ccc2c(OCCCc3cc(C(c4ccccc4)c4ccccc4)c[nH]c3=O)cccc21. The van der Waals surface area contributed by atoms with E-state index in [1.807, 2.05) is 72.9 Å². The van der Waals surface area contributed by atoms with Crippen molar-refractivity contribution in [1.82, 2.24) is 9.55 Å². The quantitative estimate of drug-likeness (QED) is 0.248. The number of carboxylic acids is 1. The van der Waals surface area contributed by atoms with Gasteiger partial charge in [-0.25, -0.2) is 0 Å². The van der Waals surface area contributed by atoms with Crippen LogP contribution in [-0.2, 0) is 17.8 Å². The van der Waals surface area contributed by atoms with Crippen molar-refractivity contribution in [2.75, 3.05) is 6.61 Å². The maximum Gasteiger partial charge on any atom is 0.323 e. The molecular formula is C31H28N2O4. The lowest BCUT2D eigenvalue weighted by Gasteiger charge is -2.19. The predicted molar refractivity (Wildman–Crippen MR) is 144 cm³/mol. The van der Waals surface area contributed by atoms with E-state index in [2.05, 4.69) is 29.2 Å². The van der Waals surface area contributed by atoms with Gasteiger partial charge in [-0.2, -0.15) is 0 Å². The van der Waals surface area contributed by atoms with Gasteiger partial charge in [0.05, 0.1) is 12.1 Å². The van der Waals surface area contributed by atoms with E-state index >= 15 is 0 Å². The van der Waals surface area contributed by atoms with Crippen LogP contribution in [0.2, 0.25) is 0 Å². The van der Waals surface area contributed by atoms with Gasteiger partial charge in [0.15, 0.2) is 0 Å². The minimum Gasteiger partial charge on any atom is -0.493 e. The number of carbonyl (C=O) groups is 1. The molecule has 0 saturated heterocycles. The van der Waals surface area contributed by atoms with Crippen molar-refractivity contribution in [3.63, 3.8) is 0 Å². The largest absolute Gasteiger partial charge is 0.493 e. The van der Waals surface area contributed by atoms with Crippen LogP contribution >= 0.6 is 0 Å². The van der Waals surface area contributed by atoms with E-state index in [0.29, 0.717) is 25.2 Å². The van der Waals surface area contributed by atoms with Crippen LogP contribution in [0, 0.1) is 0 Å². The standard InChI is InChI=1S/C31H28N2O4/c34-29(35)21-33-17-16-26-27(33)14-7-15-28(26)37-18-8-13-24-19-25(20-32-31(24)36)30(22-9-3-1-4-10-22)23-11-5-2-6-12-23/h1-7,9-12,14-17,19-20,30H,8,13,18,21H2,(H,32,36)(H,34,35). The Bertz CT molecular complexity index is 1520. The molecule has 0 aliphatic heterocycles. The molecule has 0 amide bonds. The van der Waals surface area contributed by atoms with Crippen LogP contribution < -0.4 is 10.3 Å². The Morgan fingerprint density at radius 1 is 0.892 bits per heavy atom. The number of hydrogen-bond acceptors (Lipinski definition) is 3. The molecule has 0 aliphatic carbocycles. The second kappa shape index (κ2) is 11.0. The van der Waals surface area contributed by atoms with Gasteiger partial charge in [0.2, 0.25) is 0 Å². The van der Waals surface area contributed by atoms with Crippen molar-refractivity contribution in [2.24, 2.45) is 0 Å². The zero-order chi connectivity index (χ0) is 25.6. The maximum absolute atomic E-state index is 12.6. The maximum atomic E-state index is 12.6. The number of aliphatic carboxylic acids is 1. The summed E-state index contributed by atoms with van der Waals surface area (Å²) in [5.74, 6) is -0.169. The van der Waals surface area contributed by atoms with Crippen molar-refractivity contribution < 1.29 is 14.6 Å². The van der Waals surface area contributed by atoms with Crippen LogP contribution in [0.3, 0.4) is 0 Å². The van der Waals surface area contributed by atoms with Crippen molar-refractivity contribution in [3.05, 3.63) is 136 Å². The summed E-state index contributed by atoms with van der Waals surface area (Å²) in [7, 11) is 0. The lowest BCUT2D eigenvalue weighted by Crippen LogP contribution is -2.16. The molecule has 0 spiro atoms. The number of H-pyrrole nitrogens is 1. The molecule has 0 bridgehead atoms. The smallest absolute Gasteiger partial charge is 0.323 e. The van der Waals surface area contributed by atoms with Gasteiger partial charge in [-0.1, -0.05) is 66.7 Å². The summed E-state index contributed by atoms with van der Waals surface area (Å²) in [4.78, 5) is 26.7. The topological polar surface area (TPSA) is 84.3 Å². The van der Waals surface area contributed by atoms with Crippen molar-refractivity contribution >= 4 is 16.9 Å². The Labute approximate surface area is 214 Å². The van der Waals surface area contributed by atoms with E-state index in [-0.39, 0.29) is 18.0 Å². The average molecular weight is 493 g/mol. The summed E-state index contributed by atoms with van der Waals surface area (Å²) in [6.07, 6.45) is 4.82. The summed E-state index contributed by atoms with van der Waals surface area (Å²) in [5, 5.41) is 9.99. The van der Waals surface area contributed by atoms with E-state index < -0.39 is 5.97 Å². The second-order valence-electron chi connectivity index (χ2n) is 9.02. The molecule has 6 nitrogen and oxygen atoms in total. The van der Waals surface area contributed by atoms with Crippen LogP contribution in [0.25, 0.3) is 10.9 Å². The van der Waals surface area contributed by atoms with Gasteiger partial charge in [0.1, 0.15) is 12.3 Å². The molecule has 5 rings (SSSR count). The first-order valence-electron chi connectivity index (χ1n) is 12.3. The van der Waals surface area contributed by atoms with E-state index in [4.69, 9.17) is 9.84 Å². The third-order valence-corrected chi connectivity index (χ3v) is 6.53. The Morgan fingerprint density at radius 2 is 1.59 bits per heavy atom. The number of hydrogen-bond donors (Lipinski definition) is 2. The normalized spacial score (nSPS) is 11.2. The van der Waals surface area contributed by atoms with E-state index in [1.165, 1.54) is 0 Å². The van der Waals surface area contributed by atoms with Crippen LogP contribution in [0.5, 0.6) is 5.75 Å². The second-order valence-corrected chi connectivity index (χ2v) is 9.02. The minimum absolute atomic E-state index is 0.0155. The summed E-state index contributed by atoms with van der Waals surface area (Å²) in [5.41, 5.74) is 4.82. The fraction of sp³-hybridized carbons (Fsp3) is 0.161. The zero-order valence-corrected chi connectivity index (χ0v) is 20.3. The lowest BCUT2D eigenvalue weighted by molar-refractivity contribution is -0.137. The number of benzene rings is 3. The fourth-order valence-electron chi connectivity index (χ4n) is 4.82. The summed E-state index contributed by atoms with van der Waals surface area (Å²) < 4.78 is 7.73.